The summed E-state index contributed by atoms with van der Waals surface area (Å²) in [6, 6.07) is 4.22. The van der Waals surface area contributed by atoms with Gasteiger partial charge >= 0.3 is 0 Å². The molecule has 1 fully saturated rings. The van der Waals surface area contributed by atoms with Gasteiger partial charge in [-0.05, 0) is 43.4 Å². The Morgan fingerprint density at radius 2 is 2.32 bits per heavy atom. The molecule has 0 spiro atoms. The van der Waals surface area contributed by atoms with Crippen LogP contribution >= 0.6 is 11.3 Å². The molecule has 100 valence electrons. The van der Waals surface area contributed by atoms with Gasteiger partial charge in [-0.25, -0.2) is 0 Å². The zero-order valence-electron chi connectivity index (χ0n) is 11.0. The molecule has 0 saturated carbocycles. The molecule has 19 heavy (non-hydrogen) atoms. The number of likely N-dealkylation sites (tertiary alicyclic amines) is 1. The smallest absolute Gasteiger partial charge is 0.0794 e. The van der Waals surface area contributed by atoms with E-state index < -0.39 is 0 Å². The maximum atomic E-state index is 4.21. The zero-order valence-corrected chi connectivity index (χ0v) is 11.9. The predicted octanol–water partition coefficient (Wildman–Crippen LogP) is 2.99. The van der Waals surface area contributed by atoms with E-state index in [4.69, 9.17) is 0 Å². The highest BCUT2D eigenvalue weighted by Gasteiger charge is 2.20. The molecule has 1 saturated heterocycles. The van der Waals surface area contributed by atoms with E-state index in [-0.39, 0.29) is 0 Å². The Hall–Kier alpha value is -1.26. The van der Waals surface area contributed by atoms with Crippen molar-refractivity contribution in [2.75, 3.05) is 13.1 Å². The molecule has 3 nitrogen and oxygen atoms in total. The summed E-state index contributed by atoms with van der Waals surface area (Å²) >= 11 is 1.76. The topological polar surface area (TPSA) is 29.0 Å². The summed E-state index contributed by atoms with van der Waals surface area (Å²) in [7, 11) is 0. The first kappa shape index (κ1) is 12.8. The Bertz CT molecular complexity index is 483. The predicted molar refractivity (Wildman–Crippen MR) is 78.1 cm³/mol. The Kier molecular flexibility index (Phi) is 4.20. The molecule has 3 heterocycles. The lowest BCUT2D eigenvalue weighted by molar-refractivity contribution is 0.168. The maximum Gasteiger partial charge on any atom is 0.0794 e. The Morgan fingerprint density at radius 1 is 1.32 bits per heavy atom. The zero-order chi connectivity index (χ0) is 12.9. The lowest BCUT2D eigenvalue weighted by Gasteiger charge is -2.32. The lowest BCUT2D eigenvalue weighted by atomic mass is 9.92. The van der Waals surface area contributed by atoms with Gasteiger partial charge in [-0.1, -0.05) is 6.07 Å². The van der Waals surface area contributed by atoms with Crippen molar-refractivity contribution in [3.8, 4) is 0 Å². The van der Waals surface area contributed by atoms with Crippen molar-refractivity contribution in [3.05, 3.63) is 46.7 Å². The maximum absolute atomic E-state index is 4.21. The summed E-state index contributed by atoms with van der Waals surface area (Å²) in [5.41, 5.74) is 3.29. The highest BCUT2D eigenvalue weighted by atomic mass is 32.1. The Balaban J connectivity index is 1.56. The molecule has 4 heteroatoms. The number of piperidine rings is 1. The van der Waals surface area contributed by atoms with Gasteiger partial charge in [0.2, 0.25) is 0 Å². The van der Waals surface area contributed by atoms with Crippen LogP contribution in [0.3, 0.4) is 0 Å². The molecule has 3 rings (SSSR count). The van der Waals surface area contributed by atoms with Crippen LogP contribution in [0, 0.1) is 5.92 Å². The molecule has 2 aromatic rings. The summed E-state index contributed by atoms with van der Waals surface area (Å²) in [5, 5.41) is 0. The van der Waals surface area contributed by atoms with Crippen molar-refractivity contribution in [1.82, 2.24) is 14.9 Å². The van der Waals surface area contributed by atoms with Crippen LogP contribution in [0.5, 0.6) is 0 Å². The Morgan fingerprint density at radius 3 is 3.11 bits per heavy atom. The van der Waals surface area contributed by atoms with Crippen LogP contribution in [0.25, 0.3) is 0 Å². The van der Waals surface area contributed by atoms with Gasteiger partial charge in [0.1, 0.15) is 0 Å². The van der Waals surface area contributed by atoms with Gasteiger partial charge in [0.05, 0.1) is 5.51 Å². The van der Waals surface area contributed by atoms with E-state index in [2.05, 4.69) is 20.9 Å². The summed E-state index contributed by atoms with van der Waals surface area (Å²) < 4.78 is 0. The normalized spacial score (nSPS) is 20.5. The second kappa shape index (κ2) is 6.26. The second-order valence-corrected chi connectivity index (χ2v) is 6.25. The Labute approximate surface area is 118 Å². The van der Waals surface area contributed by atoms with Crippen molar-refractivity contribution < 1.29 is 0 Å². The van der Waals surface area contributed by atoms with Crippen molar-refractivity contribution in [2.45, 2.75) is 25.8 Å². The van der Waals surface area contributed by atoms with Crippen LogP contribution in [0.1, 0.15) is 23.3 Å². The molecular formula is C15H19N3S. The van der Waals surface area contributed by atoms with Gasteiger partial charge < -0.3 is 0 Å². The van der Waals surface area contributed by atoms with Crippen molar-refractivity contribution in [3.63, 3.8) is 0 Å². The number of aromatic nitrogens is 2. The van der Waals surface area contributed by atoms with E-state index in [0.29, 0.717) is 0 Å². The molecule has 1 aliphatic heterocycles. The van der Waals surface area contributed by atoms with Crippen LogP contribution in [-0.2, 0) is 13.0 Å². The average Bonchev–Trinajstić information content (AvgIpc) is 2.93. The van der Waals surface area contributed by atoms with Gasteiger partial charge in [-0.2, -0.15) is 0 Å². The number of nitrogens with zero attached hydrogens (tertiary/aromatic N) is 3. The molecule has 0 bridgehead atoms. The molecule has 0 aliphatic carbocycles. The summed E-state index contributed by atoms with van der Waals surface area (Å²) in [6.07, 6.45) is 9.66. The first-order chi connectivity index (χ1) is 9.40. The minimum Gasteiger partial charge on any atom is -0.298 e. The van der Waals surface area contributed by atoms with Crippen molar-refractivity contribution >= 4 is 11.3 Å². The van der Waals surface area contributed by atoms with Gasteiger partial charge in [-0.15, -0.1) is 11.3 Å². The third kappa shape index (κ3) is 3.61. The highest BCUT2D eigenvalue weighted by Crippen LogP contribution is 2.22. The first-order valence-corrected chi connectivity index (χ1v) is 7.77. The fourth-order valence-corrected chi connectivity index (χ4v) is 3.49. The molecule has 1 aliphatic rings. The fraction of sp³-hybridized carbons (Fsp3) is 0.467. The monoisotopic (exact) mass is 273 g/mol. The average molecular weight is 273 g/mol. The van der Waals surface area contributed by atoms with E-state index in [0.717, 1.165) is 18.9 Å². The van der Waals surface area contributed by atoms with Crippen molar-refractivity contribution in [1.29, 1.82) is 0 Å². The third-order valence-electron chi connectivity index (χ3n) is 3.71. The van der Waals surface area contributed by atoms with Gasteiger partial charge in [0.15, 0.2) is 0 Å². The standard InChI is InChI=1S/C15H19N3S/c1-3-13(8-16-5-1)7-14-4-2-6-18(10-14)11-15-9-17-12-19-15/h1,3,5,8-9,12,14H,2,4,6-7,10-11H2/t14-/m1/s1. The molecule has 1 atom stereocenters. The number of pyridine rings is 1. The molecular weight excluding hydrogens is 254 g/mol. The van der Waals surface area contributed by atoms with Gasteiger partial charge in [-0.3, -0.25) is 14.9 Å². The highest BCUT2D eigenvalue weighted by molar-refractivity contribution is 7.09. The lowest BCUT2D eigenvalue weighted by Crippen LogP contribution is -2.35. The fourth-order valence-electron chi connectivity index (χ4n) is 2.85. The van der Waals surface area contributed by atoms with E-state index >= 15 is 0 Å². The molecule has 2 aromatic heterocycles. The molecule has 0 N–H and O–H groups in total. The van der Waals surface area contributed by atoms with Crippen LogP contribution in [0.2, 0.25) is 0 Å². The van der Waals surface area contributed by atoms with E-state index in [1.54, 1.807) is 11.3 Å². The van der Waals surface area contributed by atoms with E-state index in [1.807, 2.05) is 30.2 Å². The minimum absolute atomic E-state index is 0.769. The molecule has 0 unspecified atom stereocenters. The van der Waals surface area contributed by atoms with Gasteiger partial charge in [0.25, 0.3) is 0 Å². The molecule has 0 aromatic carbocycles. The van der Waals surface area contributed by atoms with E-state index in [1.165, 1.54) is 36.4 Å². The number of rotatable bonds is 4. The number of hydrogen-bond acceptors (Lipinski definition) is 4. The SMILES string of the molecule is c1cncc(C[C@H]2CCCN(Cc3cncs3)C2)c1. The number of thiazole rings is 1. The molecule has 0 radical (unpaired) electrons. The molecule has 0 amide bonds. The summed E-state index contributed by atoms with van der Waals surface area (Å²) in [6.45, 7) is 3.49. The van der Waals surface area contributed by atoms with Gasteiger partial charge in [0, 0.05) is 36.6 Å². The van der Waals surface area contributed by atoms with Crippen LogP contribution < -0.4 is 0 Å². The quantitative estimate of drug-likeness (QED) is 0.857. The minimum atomic E-state index is 0.769. The third-order valence-corrected chi connectivity index (χ3v) is 4.48. The second-order valence-electron chi connectivity index (χ2n) is 5.28. The van der Waals surface area contributed by atoms with E-state index in [9.17, 15) is 0 Å². The largest absolute Gasteiger partial charge is 0.298 e. The van der Waals surface area contributed by atoms with Crippen LogP contribution in [0.4, 0.5) is 0 Å². The van der Waals surface area contributed by atoms with Crippen molar-refractivity contribution in [2.24, 2.45) is 5.92 Å². The first-order valence-electron chi connectivity index (χ1n) is 6.89. The summed E-state index contributed by atoms with van der Waals surface area (Å²) in [5.74, 6) is 0.769. The van der Waals surface area contributed by atoms with Crippen LogP contribution in [-0.4, -0.2) is 28.0 Å². The summed E-state index contributed by atoms with van der Waals surface area (Å²) in [4.78, 5) is 12.3. The van der Waals surface area contributed by atoms with Crippen LogP contribution in [0.15, 0.2) is 36.2 Å². The number of hydrogen-bond donors (Lipinski definition) is 0.